The second kappa shape index (κ2) is 2.88. The Kier molecular flexibility index (Phi) is 2.11. The molecule has 0 bridgehead atoms. The molecule has 0 saturated heterocycles. The normalized spacial score (nSPS) is 30.9. The minimum Gasteiger partial charge on any atom is -0.465 e. The van der Waals surface area contributed by atoms with Crippen molar-refractivity contribution in [3.8, 4) is 0 Å². The molecule has 4 nitrogen and oxygen atoms in total. The summed E-state index contributed by atoms with van der Waals surface area (Å²) in [5, 5.41) is 10.7. The Morgan fingerprint density at radius 1 is 1.70 bits per heavy atom. The van der Waals surface area contributed by atoms with E-state index in [1.165, 1.54) is 0 Å². The molecule has 1 fully saturated rings. The van der Waals surface area contributed by atoms with E-state index >= 15 is 0 Å². The Hall–Kier alpha value is -0.770. The van der Waals surface area contributed by atoms with E-state index in [0.29, 0.717) is 12.5 Å². The van der Waals surface area contributed by atoms with Crippen LogP contribution in [0.5, 0.6) is 0 Å². The molecule has 4 heteroatoms. The van der Waals surface area contributed by atoms with E-state index in [-0.39, 0.29) is 6.04 Å². The van der Waals surface area contributed by atoms with Crippen molar-refractivity contribution in [2.45, 2.75) is 18.9 Å². The molecule has 0 aromatic rings. The third-order valence-electron chi connectivity index (χ3n) is 2.03. The molecule has 0 heterocycles. The van der Waals surface area contributed by atoms with Crippen LogP contribution in [0.2, 0.25) is 0 Å². The predicted molar refractivity (Wildman–Crippen MR) is 36.7 cm³/mol. The van der Waals surface area contributed by atoms with Gasteiger partial charge in [-0.15, -0.1) is 0 Å². The van der Waals surface area contributed by atoms with Crippen LogP contribution in [0.3, 0.4) is 0 Å². The second-order valence-electron chi connectivity index (χ2n) is 2.63. The quantitative estimate of drug-likeness (QED) is 0.510. The van der Waals surface area contributed by atoms with Gasteiger partial charge in [-0.1, -0.05) is 0 Å². The summed E-state index contributed by atoms with van der Waals surface area (Å²) in [6.07, 6.45) is 1.05. The number of carbonyl (C=O) groups is 1. The van der Waals surface area contributed by atoms with Crippen molar-refractivity contribution < 1.29 is 9.90 Å². The van der Waals surface area contributed by atoms with Crippen molar-refractivity contribution in [2.75, 3.05) is 6.54 Å². The topological polar surface area (TPSA) is 75.3 Å². The fraction of sp³-hybridized carbons (Fsp3) is 0.833. The average molecular weight is 144 g/mol. The number of hydrogen-bond donors (Lipinski definition) is 3. The lowest BCUT2D eigenvalue weighted by Gasteiger charge is -2.35. The minimum atomic E-state index is -0.942. The third kappa shape index (κ3) is 1.39. The van der Waals surface area contributed by atoms with Gasteiger partial charge in [-0.25, -0.2) is 4.79 Å². The largest absolute Gasteiger partial charge is 0.465 e. The maximum absolute atomic E-state index is 10.1. The average Bonchev–Trinajstić information content (AvgIpc) is 1.82. The van der Waals surface area contributed by atoms with Crippen LogP contribution in [-0.2, 0) is 0 Å². The molecule has 58 valence electrons. The first-order chi connectivity index (χ1) is 4.74. The summed E-state index contributed by atoms with van der Waals surface area (Å²) in [6.45, 7) is 0.588. The molecule has 0 aliphatic heterocycles. The van der Waals surface area contributed by atoms with Gasteiger partial charge in [0.05, 0.1) is 0 Å². The van der Waals surface area contributed by atoms with Crippen molar-refractivity contribution in [2.24, 2.45) is 11.7 Å². The van der Waals surface area contributed by atoms with E-state index in [1.807, 2.05) is 0 Å². The molecule has 0 spiro atoms. The molecule has 0 aromatic carbocycles. The monoisotopic (exact) mass is 144 g/mol. The number of amides is 1. The Balaban J connectivity index is 2.23. The van der Waals surface area contributed by atoms with Gasteiger partial charge in [-0.05, 0) is 25.3 Å². The van der Waals surface area contributed by atoms with E-state index in [4.69, 9.17) is 10.8 Å². The molecule has 10 heavy (non-hydrogen) atoms. The zero-order valence-corrected chi connectivity index (χ0v) is 5.71. The number of carboxylic acid groups (broad SMARTS) is 1. The van der Waals surface area contributed by atoms with Crippen molar-refractivity contribution in [3.05, 3.63) is 0 Å². The summed E-state index contributed by atoms with van der Waals surface area (Å²) in [4.78, 5) is 10.1. The molecule has 0 aromatic heterocycles. The Labute approximate surface area is 59.4 Å². The zero-order chi connectivity index (χ0) is 7.56. The summed E-state index contributed by atoms with van der Waals surface area (Å²) in [5.41, 5.74) is 5.37. The summed E-state index contributed by atoms with van der Waals surface area (Å²) in [6, 6.07) is 0.113. The van der Waals surface area contributed by atoms with Gasteiger partial charge in [-0.3, -0.25) is 0 Å². The first-order valence-corrected chi connectivity index (χ1v) is 3.43. The van der Waals surface area contributed by atoms with Crippen LogP contribution in [0.4, 0.5) is 4.79 Å². The molecule has 2 atom stereocenters. The van der Waals surface area contributed by atoms with Crippen molar-refractivity contribution in [1.82, 2.24) is 5.32 Å². The van der Waals surface area contributed by atoms with Gasteiger partial charge in [0.2, 0.25) is 0 Å². The van der Waals surface area contributed by atoms with Crippen LogP contribution in [0.15, 0.2) is 0 Å². The number of nitrogens with one attached hydrogen (secondary N) is 1. The van der Waals surface area contributed by atoms with Gasteiger partial charge < -0.3 is 16.2 Å². The molecular formula is C6H12N2O2. The summed E-state index contributed by atoms with van der Waals surface area (Å²) < 4.78 is 0. The fourth-order valence-electron chi connectivity index (χ4n) is 1.20. The van der Waals surface area contributed by atoms with E-state index in [1.54, 1.807) is 0 Å². The highest BCUT2D eigenvalue weighted by Gasteiger charge is 2.30. The predicted octanol–water partition coefficient (Wildman–Crippen LogP) is -0.00870. The SMILES string of the molecule is NCC1CCC1NC(=O)O. The van der Waals surface area contributed by atoms with Crippen LogP contribution in [-0.4, -0.2) is 23.8 Å². The van der Waals surface area contributed by atoms with Gasteiger partial charge in [-0.2, -0.15) is 0 Å². The lowest BCUT2D eigenvalue weighted by atomic mass is 9.80. The standard InChI is InChI=1S/C6H12N2O2/c7-3-4-1-2-5(4)8-6(9)10/h4-5,8H,1-3,7H2,(H,9,10). The Bertz CT molecular complexity index is 136. The molecule has 1 amide bonds. The molecule has 4 N–H and O–H groups in total. The number of rotatable bonds is 2. The van der Waals surface area contributed by atoms with Crippen LogP contribution >= 0.6 is 0 Å². The highest BCUT2D eigenvalue weighted by Crippen LogP contribution is 2.25. The maximum Gasteiger partial charge on any atom is 0.404 e. The molecule has 0 radical (unpaired) electrons. The van der Waals surface area contributed by atoms with Gasteiger partial charge in [0.25, 0.3) is 0 Å². The summed E-state index contributed by atoms with van der Waals surface area (Å²) in [7, 11) is 0. The highest BCUT2D eigenvalue weighted by atomic mass is 16.4. The number of hydrogen-bond acceptors (Lipinski definition) is 2. The third-order valence-corrected chi connectivity index (χ3v) is 2.03. The smallest absolute Gasteiger partial charge is 0.404 e. The molecular weight excluding hydrogens is 132 g/mol. The van der Waals surface area contributed by atoms with Crippen molar-refractivity contribution in [1.29, 1.82) is 0 Å². The Morgan fingerprint density at radius 3 is 2.70 bits per heavy atom. The molecule has 1 aliphatic carbocycles. The van der Waals surface area contributed by atoms with Crippen LogP contribution in [0.25, 0.3) is 0 Å². The molecule has 1 rings (SSSR count). The first-order valence-electron chi connectivity index (χ1n) is 3.43. The van der Waals surface area contributed by atoms with Gasteiger partial charge in [0.1, 0.15) is 0 Å². The van der Waals surface area contributed by atoms with E-state index in [2.05, 4.69) is 5.32 Å². The highest BCUT2D eigenvalue weighted by molar-refractivity contribution is 5.65. The number of nitrogens with two attached hydrogens (primary N) is 1. The van der Waals surface area contributed by atoms with E-state index < -0.39 is 6.09 Å². The molecule has 1 aliphatic rings. The van der Waals surface area contributed by atoms with E-state index in [9.17, 15) is 4.79 Å². The lowest BCUT2D eigenvalue weighted by molar-refractivity contribution is 0.162. The van der Waals surface area contributed by atoms with Crippen LogP contribution in [0, 0.1) is 5.92 Å². The van der Waals surface area contributed by atoms with Crippen LogP contribution < -0.4 is 11.1 Å². The Morgan fingerprint density at radius 2 is 2.40 bits per heavy atom. The first kappa shape index (κ1) is 7.34. The lowest BCUT2D eigenvalue weighted by Crippen LogP contribution is -2.49. The minimum absolute atomic E-state index is 0.113. The van der Waals surface area contributed by atoms with Gasteiger partial charge in [0.15, 0.2) is 0 Å². The van der Waals surface area contributed by atoms with Gasteiger partial charge >= 0.3 is 6.09 Å². The molecule has 1 saturated carbocycles. The molecule has 2 unspecified atom stereocenters. The van der Waals surface area contributed by atoms with Crippen molar-refractivity contribution in [3.63, 3.8) is 0 Å². The van der Waals surface area contributed by atoms with Crippen molar-refractivity contribution >= 4 is 6.09 Å². The second-order valence-corrected chi connectivity index (χ2v) is 2.63. The van der Waals surface area contributed by atoms with Crippen LogP contribution in [0.1, 0.15) is 12.8 Å². The summed E-state index contributed by atoms with van der Waals surface area (Å²) >= 11 is 0. The maximum atomic E-state index is 10.1. The zero-order valence-electron chi connectivity index (χ0n) is 5.71. The summed E-state index contributed by atoms with van der Waals surface area (Å²) in [5.74, 6) is 0.371. The fourth-order valence-corrected chi connectivity index (χ4v) is 1.20. The van der Waals surface area contributed by atoms with Gasteiger partial charge in [0, 0.05) is 6.04 Å². The van der Waals surface area contributed by atoms with E-state index in [0.717, 1.165) is 12.8 Å².